The van der Waals surface area contributed by atoms with Crippen LogP contribution < -0.4 is 10.1 Å². The van der Waals surface area contributed by atoms with Gasteiger partial charge in [-0.2, -0.15) is 0 Å². The second-order valence-electron chi connectivity index (χ2n) is 6.74. The van der Waals surface area contributed by atoms with E-state index in [2.05, 4.69) is 34.5 Å². The molecule has 1 aliphatic rings. The summed E-state index contributed by atoms with van der Waals surface area (Å²) in [6.07, 6.45) is 0. The number of halogens is 1. The summed E-state index contributed by atoms with van der Waals surface area (Å²) in [5.74, 6) is 0.795. The summed E-state index contributed by atoms with van der Waals surface area (Å²) >= 11 is 5.94. The van der Waals surface area contributed by atoms with Crippen LogP contribution in [0.3, 0.4) is 0 Å². The van der Waals surface area contributed by atoms with Crippen molar-refractivity contribution in [3.63, 3.8) is 0 Å². The quantitative estimate of drug-likeness (QED) is 0.771. The Balaban J connectivity index is 1.34. The molecule has 144 valence electrons. The van der Waals surface area contributed by atoms with Crippen LogP contribution in [0.5, 0.6) is 5.75 Å². The SMILES string of the molecule is Cc1cc(Cl)ccc1OCCNC(=O)N1CCN(Cc2ccccc2)CC1. The molecule has 27 heavy (non-hydrogen) atoms. The van der Waals surface area contributed by atoms with Gasteiger partial charge in [-0.15, -0.1) is 0 Å². The van der Waals surface area contributed by atoms with Gasteiger partial charge in [0, 0.05) is 37.7 Å². The van der Waals surface area contributed by atoms with Crippen LogP contribution in [0.1, 0.15) is 11.1 Å². The minimum atomic E-state index is -0.0224. The highest BCUT2D eigenvalue weighted by Crippen LogP contribution is 2.21. The fourth-order valence-electron chi connectivity index (χ4n) is 3.16. The molecule has 0 unspecified atom stereocenters. The molecule has 2 aromatic rings. The van der Waals surface area contributed by atoms with Crippen LogP contribution in [0.4, 0.5) is 4.79 Å². The lowest BCUT2D eigenvalue weighted by atomic mass is 10.2. The lowest BCUT2D eigenvalue weighted by Gasteiger charge is -2.34. The molecule has 1 saturated heterocycles. The molecular formula is C21H26ClN3O2. The molecule has 0 aromatic heterocycles. The Hall–Kier alpha value is -2.24. The van der Waals surface area contributed by atoms with Gasteiger partial charge in [0.05, 0.1) is 6.54 Å². The zero-order chi connectivity index (χ0) is 19.1. The molecule has 0 atom stereocenters. The zero-order valence-corrected chi connectivity index (χ0v) is 16.4. The van der Waals surface area contributed by atoms with E-state index < -0.39 is 0 Å². The lowest BCUT2D eigenvalue weighted by Crippen LogP contribution is -2.51. The van der Waals surface area contributed by atoms with E-state index in [4.69, 9.17) is 16.3 Å². The van der Waals surface area contributed by atoms with Crippen LogP contribution in [0.15, 0.2) is 48.5 Å². The second kappa shape index (κ2) is 9.62. The van der Waals surface area contributed by atoms with Gasteiger partial charge in [-0.3, -0.25) is 4.90 Å². The van der Waals surface area contributed by atoms with Crippen molar-refractivity contribution in [1.29, 1.82) is 0 Å². The normalized spacial score (nSPS) is 14.8. The Morgan fingerprint density at radius 1 is 1.11 bits per heavy atom. The monoisotopic (exact) mass is 387 g/mol. The first kappa shape index (κ1) is 19.5. The first-order valence-electron chi connectivity index (χ1n) is 9.30. The van der Waals surface area contributed by atoms with E-state index in [9.17, 15) is 4.79 Å². The smallest absolute Gasteiger partial charge is 0.317 e. The number of amides is 2. The van der Waals surface area contributed by atoms with E-state index in [-0.39, 0.29) is 6.03 Å². The number of carbonyl (C=O) groups excluding carboxylic acids is 1. The first-order chi connectivity index (χ1) is 13.1. The lowest BCUT2D eigenvalue weighted by molar-refractivity contribution is 0.134. The van der Waals surface area contributed by atoms with Crippen LogP contribution in [-0.4, -0.2) is 55.2 Å². The number of nitrogens with zero attached hydrogens (tertiary/aromatic N) is 2. The van der Waals surface area contributed by atoms with Gasteiger partial charge in [-0.1, -0.05) is 41.9 Å². The maximum Gasteiger partial charge on any atom is 0.317 e. The molecule has 1 N–H and O–H groups in total. The van der Waals surface area contributed by atoms with Gasteiger partial charge in [-0.25, -0.2) is 4.79 Å². The summed E-state index contributed by atoms with van der Waals surface area (Å²) in [5, 5.41) is 3.63. The predicted octanol–water partition coefficient (Wildman–Crippen LogP) is 3.55. The van der Waals surface area contributed by atoms with E-state index in [1.54, 1.807) is 6.07 Å². The van der Waals surface area contributed by atoms with E-state index in [0.717, 1.165) is 44.0 Å². The van der Waals surface area contributed by atoms with Gasteiger partial charge < -0.3 is 15.0 Å². The average Bonchev–Trinajstić information content (AvgIpc) is 2.68. The van der Waals surface area contributed by atoms with Crippen LogP contribution in [-0.2, 0) is 6.54 Å². The minimum absolute atomic E-state index is 0.0224. The number of hydrogen-bond donors (Lipinski definition) is 1. The summed E-state index contributed by atoms with van der Waals surface area (Å²) in [5.41, 5.74) is 2.30. The molecule has 0 radical (unpaired) electrons. The van der Waals surface area contributed by atoms with Gasteiger partial charge in [0.15, 0.2) is 0 Å². The highest BCUT2D eigenvalue weighted by molar-refractivity contribution is 6.30. The summed E-state index contributed by atoms with van der Waals surface area (Å²) in [4.78, 5) is 16.6. The van der Waals surface area contributed by atoms with Crippen molar-refractivity contribution < 1.29 is 9.53 Å². The van der Waals surface area contributed by atoms with Gasteiger partial charge in [0.1, 0.15) is 12.4 Å². The zero-order valence-electron chi connectivity index (χ0n) is 15.7. The number of aryl methyl sites for hydroxylation is 1. The van der Waals surface area contributed by atoms with Crippen molar-refractivity contribution in [2.45, 2.75) is 13.5 Å². The number of hydrogen-bond acceptors (Lipinski definition) is 3. The number of ether oxygens (including phenoxy) is 1. The third-order valence-corrected chi connectivity index (χ3v) is 4.92. The molecule has 5 nitrogen and oxygen atoms in total. The molecular weight excluding hydrogens is 362 g/mol. The van der Waals surface area contributed by atoms with Crippen molar-refractivity contribution in [1.82, 2.24) is 15.1 Å². The number of nitrogens with one attached hydrogen (secondary N) is 1. The van der Waals surface area contributed by atoms with Crippen molar-refractivity contribution >= 4 is 17.6 Å². The van der Waals surface area contributed by atoms with Crippen molar-refractivity contribution in [2.24, 2.45) is 0 Å². The molecule has 0 saturated carbocycles. The van der Waals surface area contributed by atoms with Gasteiger partial charge >= 0.3 is 6.03 Å². The minimum Gasteiger partial charge on any atom is -0.491 e. The largest absolute Gasteiger partial charge is 0.491 e. The highest BCUT2D eigenvalue weighted by Gasteiger charge is 2.20. The molecule has 0 bridgehead atoms. The molecule has 6 heteroatoms. The second-order valence-corrected chi connectivity index (χ2v) is 7.18. The Labute approximate surface area is 165 Å². The molecule has 0 spiro atoms. The van der Waals surface area contributed by atoms with Crippen LogP contribution in [0.25, 0.3) is 0 Å². The number of carbonyl (C=O) groups is 1. The maximum atomic E-state index is 12.3. The first-order valence-corrected chi connectivity index (χ1v) is 9.67. The summed E-state index contributed by atoms with van der Waals surface area (Å²) in [7, 11) is 0. The fourth-order valence-corrected chi connectivity index (χ4v) is 3.38. The number of piperazine rings is 1. The molecule has 3 rings (SSSR count). The third kappa shape index (κ3) is 5.88. The number of benzene rings is 2. The van der Waals surface area contributed by atoms with Gasteiger partial charge in [-0.05, 0) is 36.2 Å². The van der Waals surface area contributed by atoms with E-state index in [0.29, 0.717) is 18.2 Å². The molecule has 2 aromatic carbocycles. The van der Waals surface area contributed by atoms with Gasteiger partial charge in [0.25, 0.3) is 0 Å². The van der Waals surface area contributed by atoms with E-state index in [1.165, 1.54) is 5.56 Å². The molecule has 1 fully saturated rings. The summed E-state index contributed by atoms with van der Waals surface area (Å²) in [6, 6.07) is 15.9. The van der Waals surface area contributed by atoms with Crippen molar-refractivity contribution in [2.75, 3.05) is 39.3 Å². The average molecular weight is 388 g/mol. The molecule has 0 aliphatic carbocycles. The summed E-state index contributed by atoms with van der Waals surface area (Å²) in [6.45, 7) is 7.07. The van der Waals surface area contributed by atoms with Crippen molar-refractivity contribution in [3.8, 4) is 5.75 Å². The Bertz CT molecular complexity index is 746. The third-order valence-electron chi connectivity index (χ3n) is 4.68. The van der Waals surface area contributed by atoms with Crippen molar-refractivity contribution in [3.05, 3.63) is 64.7 Å². The highest BCUT2D eigenvalue weighted by atomic mass is 35.5. The fraction of sp³-hybridized carbons (Fsp3) is 0.381. The maximum absolute atomic E-state index is 12.3. The molecule has 1 heterocycles. The number of urea groups is 1. The molecule has 2 amide bonds. The topological polar surface area (TPSA) is 44.8 Å². The summed E-state index contributed by atoms with van der Waals surface area (Å²) < 4.78 is 5.71. The van der Waals surface area contributed by atoms with E-state index in [1.807, 2.05) is 30.0 Å². The standard InChI is InChI=1S/C21H26ClN3O2/c1-17-15-19(22)7-8-20(17)27-14-9-23-21(26)25-12-10-24(11-13-25)16-18-5-3-2-4-6-18/h2-8,15H,9-14,16H2,1H3,(H,23,26). The number of rotatable bonds is 6. The Morgan fingerprint density at radius 2 is 1.85 bits per heavy atom. The molecule has 1 aliphatic heterocycles. The van der Waals surface area contributed by atoms with Crippen LogP contribution in [0, 0.1) is 6.92 Å². The Kier molecular flexibility index (Phi) is 6.96. The van der Waals surface area contributed by atoms with Gasteiger partial charge in [0.2, 0.25) is 0 Å². The van der Waals surface area contributed by atoms with Crippen LogP contribution in [0.2, 0.25) is 5.02 Å². The predicted molar refractivity (Wildman–Crippen MR) is 108 cm³/mol. The Morgan fingerprint density at radius 3 is 2.56 bits per heavy atom. The van der Waals surface area contributed by atoms with Crippen LogP contribution >= 0.6 is 11.6 Å². The van der Waals surface area contributed by atoms with E-state index >= 15 is 0 Å².